The van der Waals surface area contributed by atoms with Gasteiger partial charge in [-0.1, -0.05) is 23.4 Å². The van der Waals surface area contributed by atoms with Crippen molar-refractivity contribution in [3.63, 3.8) is 0 Å². The van der Waals surface area contributed by atoms with Crippen LogP contribution in [0.5, 0.6) is 0 Å². The molecule has 1 aromatic rings. The van der Waals surface area contributed by atoms with E-state index in [0.717, 1.165) is 0 Å². The molecule has 90 valence electrons. The Labute approximate surface area is 108 Å². The summed E-state index contributed by atoms with van der Waals surface area (Å²) in [5.41, 5.74) is 0.665. The highest BCUT2D eigenvalue weighted by Gasteiger charge is 2.32. The molecule has 1 amide bonds. The van der Waals surface area contributed by atoms with E-state index in [1.165, 1.54) is 24.9 Å². The molecule has 1 fully saturated rings. The van der Waals surface area contributed by atoms with Crippen LogP contribution >= 0.6 is 23.4 Å². The zero-order chi connectivity index (χ0) is 12.4. The molecule has 6 heteroatoms. The van der Waals surface area contributed by atoms with Gasteiger partial charge in [-0.25, -0.2) is 0 Å². The van der Waals surface area contributed by atoms with E-state index in [2.05, 4.69) is 4.98 Å². The Morgan fingerprint density at radius 3 is 3.06 bits per heavy atom. The van der Waals surface area contributed by atoms with Gasteiger partial charge in [0, 0.05) is 37.5 Å². The first-order chi connectivity index (χ1) is 8.08. The van der Waals surface area contributed by atoms with Crippen molar-refractivity contribution >= 4 is 40.1 Å². The Bertz CT molecular complexity index is 467. The topological polar surface area (TPSA) is 50.3 Å². The predicted molar refractivity (Wildman–Crippen MR) is 68.3 cm³/mol. The molecule has 0 N–H and O–H groups in total. The van der Waals surface area contributed by atoms with Crippen LogP contribution in [0.3, 0.4) is 0 Å². The Hall–Kier alpha value is -1.07. The van der Waals surface area contributed by atoms with E-state index >= 15 is 0 Å². The number of anilines is 1. The molecule has 0 spiro atoms. The molecule has 1 atom stereocenters. The van der Waals surface area contributed by atoms with Crippen molar-refractivity contribution in [2.24, 2.45) is 0 Å². The highest BCUT2D eigenvalue weighted by Crippen LogP contribution is 2.32. The number of nitrogens with zero attached hydrogens (tertiary/aromatic N) is 2. The normalized spacial score (nSPS) is 19.8. The number of aromatic nitrogens is 1. The summed E-state index contributed by atoms with van der Waals surface area (Å²) < 4.78 is 0. The monoisotopic (exact) mass is 270 g/mol. The molecule has 1 aliphatic rings. The van der Waals surface area contributed by atoms with E-state index < -0.39 is 0 Å². The minimum atomic E-state index is -0.00292. The number of carbonyl (C=O) groups excluding carboxylic acids is 2. The summed E-state index contributed by atoms with van der Waals surface area (Å²) in [5.74, 6) is -0.00292. The Balaban J connectivity index is 2.16. The largest absolute Gasteiger partial charge is 0.310 e. The van der Waals surface area contributed by atoms with Crippen LogP contribution in [-0.2, 0) is 9.59 Å². The van der Waals surface area contributed by atoms with Gasteiger partial charge in [0.15, 0.2) is 5.12 Å². The van der Waals surface area contributed by atoms with Gasteiger partial charge >= 0.3 is 0 Å². The molecule has 4 nitrogen and oxygen atoms in total. The van der Waals surface area contributed by atoms with E-state index in [1.807, 2.05) is 0 Å². The first kappa shape index (κ1) is 12.4. The highest BCUT2D eigenvalue weighted by molar-refractivity contribution is 8.14. The van der Waals surface area contributed by atoms with Crippen LogP contribution in [0.15, 0.2) is 18.5 Å². The van der Waals surface area contributed by atoms with E-state index in [1.54, 1.807) is 17.2 Å². The maximum atomic E-state index is 11.8. The molecule has 0 bridgehead atoms. The van der Waals surface area contributed by atoms with Crippen molar-refractivity contribution in [3.05, 3.63) is 23.5 Å². The molecule has 0 aliphatic carbocycles. The lowest BCUT2D eigenvalue weighted by Crippen LogP contribution is -2.25. The number of amides is 1. The van der Waals surface area contributed by atoms with Gasteiger partial charge in [-0.05, 0) is 6.07 Å². The average molecular weight is 271 g/mol. The molecule has 1 unspecified atom stereocenters. The zero-order valence-corrected chi connectivity index (χ0v) is 10.8. The minimum Gasteiger partial charge on any atom is -0.310 e. The van der Waals surface area contributed by atoms with E-state index in [9.17, 15) is 9.59 Å². The smallest absolute Gasteiger partial charge is 0.228 e. The number of hydrogen-bond acceptors (Lipinski definition) is 4. The quantitative estimate of drug-likeness (QED) is 0.826. The van der Waals surface area contributed by atoms with Crippen LogP contribution in [-0.4, -0.2) is 27.8 Å². The van der Waals surface area contributed by atoms with Crippen LogP contribution in [0.4, 0.5) is 5.69 Å². The Morgan fingerprint density at radius 1 is 1.65 bits per heavy atom. The molecule has 0 aromatic carbocycles. The molecule has 2 rings (SSSR count). The molecule has 17 heavy (non-hydrogen) atoms. The Kier molecular flexibility index (Phi) is 3.69. The zero-order valence-electron chi connectivity index (χ0n) is 9.22. The third-order valence-electron chi connectivity index (χ3n) is 2.46. The second kappa shape index (κ2) is 5.06. The lowest BCUT2D eigenvalue weighted by Gasteiger charge is -2.17. The van der Waals surface area contributed by atoms with Crippen molar-refractivity contribution in [2.45, 2.75) is 18.6 Å². The van der Waals surface area contributed by atoms with E-state index in [0.29, 0.717) is 23.7 Å². The van der Waals surface area contributed by atoms with E-state index in [-0.39, 0.29) is 16.3 Å². The second-order valence-electron chi connectivity index (χ2n) is 3.77. The van der Waals surface area contributed by atoms with Crippen LogP contribution < -0.4 is 4.90 Å². The van der Waals surface area contributed by atoms with Gasteiger partial charge in [0.2, 0.25) is 5.91 Å². The third kappa shape index (κ3) is 2.79. The third-order valence-corrected chi connectivity index (χ3v) is 3.74. The lowest BCUT2D eigenvalue weighted by molar-refractivity contribution is -0.117. The number of rotatable bonds is 2. The van der Waals surface area contributed by atoms with Gasteiger partial charge in [0.1, 0.15) is 0 Å². The molecule has 2 heterocycles. The fourth-order valence-corrected chi connectivity index (χ4v) is 2.95. The molecule has 1 saturated heterocycles. The Morgan fingerprint density at radius 2 is 2.41 bits per heavy atom. The van der Waals surface area contributed by atoms with Gasteiger partial charge in [0.05, 0.1) is 10.7 Å². The fourth-order valence-electron chi connectivity index (χ4n) is 1.81. The summed E-state index contributed by atoms with van der Waals surface area (Å²) in [7, 11) is 0. The summed E-state index contributed by atoms with van der Waals surface area (Å²) in [6.45, 7) is 2.03. The first-order valence-corrected chi connectivity index (χ1v) is 6.41. The van der Waals surface area contributed by atoms with E-state index in [4.69, 9.17) is 11.6 Å². The van der Waals surface area contributed by atoms with Crippen LogP contribution in [0, 0.1) is 0 Å². The van der Waals surface area contributed by atoms with Crippen LogP contribution in [0.25, 0.3) is 0 Å². The molecule has 0 radical (unpaired) electrons. The van der Waals surface area contributed by atoms with Gasteiger partial charge in [-0.15, -0.1) is 0 Å². The number of hydrogen-bond donors (Lipinski definition) is 0. The molecule has 0 saturated carbocycles. The number of thioether (sulfide) groups is 1. The molecular weight excluding hydrogens is 260 g/mol. The van der Waals surface area contributed by atoms with Gasteiger partial charge in [0.25, 0.3) is 0 Å². The highest BCUT2D eigenvalue weighted by atomic mass is 35.5. The van der Waals surface area contributed by atoms with Gasteiger partial charge in [-0.2, -0.15) is 0 Å². The second-order valence-corrected chi connectivity index (χ2v) is 5.65. The van der Waals surface area contributed by atoms with Crippen molar-refractivity contribution in [1.82, 2.24) is 4.98 Å². The summed E-state index contributed by atoms with van der Waals surface area (Å²) >= 11 is 7.20. The molecular formula is C11H11ClN2O2S. The maximum absolute atomic E-state index is 11.8. The molecule has 1 aliphatic heterocycles. The van der Waals surface area contributed by atoms with Crippen LogP contribution in [0.1, 0.15) is 13.3 Å². The summed E-state index contributed by atoms with van der Waals surface area (Å²) in [5, 5.41) is 0.504. The van der Waals surface area contributed by atoms with Crippen molar-refractivity contribution in [1.29, 1.82) is 0 Å². The van der Waals surface area contributed by atoms with Gasteiger partial charge in [-0.3, -0.25) is 14.6 Å². The summed E-state index contributed by atoms with van der Waals surface area (Å²) in [4.78, 5) is 28.3. The average Bonchev–Trinajstić information content (AvgIpc) is 2.59. The van der Waals surface area contributed by atoms with Gasteiger partial charge < -0.3 is 4.90 Å². The first-order valence-electron chi connectivity index (χ1n) is 5.15. The minimum absolute atomic E-state index is 0.00292. The standard InChI is InChI=1S/C11H11ClN2O2S/c1-7(15)17-8-4-11(16)14(6-8)10-2-3-13-5-9(10)12/h2-3,5,8H,4,6H2,1H3. The number of halogens is 1. The summed E-state index contributed by atoms with van der Waals surface area (Å²) in [6.07, 6.45) is 3.48. The summed E-state index contributed by atoms with van der Waals surface area (Å²) in [6, 6.07) is 1.71. The molecule has 1 aromatic heterocycles. The SMILES string of the molecule is CC(=O)SC1CC(=O)N(c2ccncc2Cl)C1. The van der Waals surface area contributed by atoms with Crippen molar-refractivity contribution < 1.29 is 9.59 Å². The predicted octanol–water partition coefficient (Wildman–Crippen LogP) is 2.12. The number of pyridine rings is 1. The maximum Gasteiger partial charge on any atom is 0.228 e. The van der Waals surface area contributed by atoms with Crippen molar-refractivity contribution in [3.8, 4) is 0 Å². The fraction of sp³-hybridized carbons (Fsp3) is 0.364. The van der Waals surface area contributed by atoms with Crippen LogP contribution in [0.2, 0.25) is 5.02 Å². The number of carbonyl (C=O) groups is 2. The van der Waals surface area contributed by atoms with Crippen molar-refractivity contribution in [2.75, 3.05) is 11.4 Å². The lowest BCUT2D eigenvalue weighted by atomic mass is 10.3.